The van der Waals surface area contributed by atoms with Gasteiger partial charge in [-0.1, -0.05) is 12.1 Å². The van der Waals surface area contributed by atoms with Crippen LogP contribution in [0.1, 0.15) is 0 Å². The lowest BCUT2D eigenvalue weighted by Gasteiger charge is -2.19. The summed E-state index contributed by atoms with van der Waals surface area (Å²) in [7, 11) is 0. The Morgan fingerprint density at radius 2 is 2.13 bits per heavy atom. The predicted molar refractivity (Wildman–Crippen MR) is 91.7 cm³/mol. The van der Waals surface area contributed by atoms with E-state index < -0.39 is 0 Å². The number of hydrogen-bond donors (Lipinski definition) is 2. The van der Waals surface area contributed by atoms with Gasteiger partial charge < -0.3 is 15.2 Å². The first-order valence-electron chi connectivity index (χ1n) is 7.59. The number of anilines is 1. The summed E-state index contributed by atoms with van der Waals surface area (Å²) >= 11 is 1.63. The SMILES string of the molecule is OC[C@@H]1COC[C@@H]1Nc1nc(-c2ccsc2)nc2ccccc12. The van der Waals surface area contributed by atoms with E-state index in [0.29, 0.717) is 19.0 Å². The summed E-state index contributed by atoms with van der Waals surface area (Å²) in [5.41, 5.74) is 1.93. The van der Waals surface area contributed by atoms with Gasteiger partial charge in [-0.2, -0.15) is 11.3 Å². The third kappa shape index (κ3) is 2.81. The van der Waals surface area contributed by atoms with Crippen LogP contribution in [-0.4, -0.2) is 40.9 Å². The van der Waals surface area contributed by atoms with Crippen molar-refractivity contribution in [2.45, 2.75) is 6.04 Å². The molecule has 2 atom stereocenters. The van der Waals surface area contributed by atoms with Crippen LogP contribution in [0.25, 0.3) is 22.3 Å². The van der Waals surface area contributed by atoms with Gasteiger partial charge in [-0.25, -0.2) is 9.97 Å². The second kappa shape index (κ2) is 6.23. The van der Waals surface area contributed by atoms with E-state index in [1.165, 1.54) is 0 Å². The number of aliphatic hydroxyl groups excluding tert-OH is 1. The molecule has 2 aromatic heterocycles. The molecule has 3 aromatic rings. The number of ether oxygens (including phenoxy) is 1. The number of hydrogen-bond acceptors (Lipinski definition) is 6. The number of aromatic nitrogens is 2. The minimum atomic E-state index is 0.0635. The zero-order valence-electron chi connectivity index (χ0n) is 12.5. The van der Waals surface area contributed by atoms with E-state index in [9.17, 15) is 5.11 Å². The van der Waals surface area contributed by atoms with Crippen LogP contribution in [0.2, 0.25) is 0 Å². The maximum Gasteiger partial charge on any atom is 0.162 e. The monoisotopic (exact) mass is 327 g/mol. The van der Waals surface area contributed by atoms with Crippen LogP contribution < -0.4 is 5.32 Å². The summed E-state index contributed by atoms with van der Waals surface area (Å²) in [6.45, 7) is 1.27. The quantitative estimate of drug-likeness (QED) is 0.771. The number of nitrogens with zero attached hydrogens (tertiary/aromatic N) is 2. The molecular weight excluding hydrogens is 310 g/mol. The number of aliphatic hydroxyl groups is 1. The van der Waals surface area contributed by atoms with Gasteiger partial charge in [-0.3, -0.25) is 0 Å². The van der Waals surface area contributed by atoms with E-state index in [-0.39, 0.29) is 18.6 Å². The molecule has 0 radical (unpaired) electrons. The molecule has 0 unspecified atom stereocenters. The number of fused-ring (bicyclic) bond motifs is 1. The highest BCUT2D eigenvalue weighted by molar-refractivity contribution is 7.08. The van der Waals surface area contributed by atoms with Crippen LogP contribution in [0, 0.1) is 5.92 Å². The molecule has 0 bridgehead atoms. The van der Waals surface area contributed by atoms with E-state index in [2.05, 4.69) is 10.3 Å². The van der Waals surface area contributed by atoms with Crippen LogP contribution in [0.5, 0.6) is 0 Å². The molecule has 23 heavy (non-hydrogen) atoms. The average molecular weight is 327 g/mol. The number of para-hydroxylation sites is 1. The molecule has 0 saturated carbocycles. The Kier molecular flexibility index (Phi) is 3.95. The molecule has 2 N–H and O–H groups in total. The van der Waals surface area contributed by atoms with Gasteiger partial charge in [0.15, 0.2) is 5.82 Å². The minimum absolute atomic E-state index is 0.0635. The van der Waals surface area contributed by atoms with Crippen LogP contribution in [-0.2, 0) is 4.74 Å². The average Bonchev–Trinajstić information content (AvgIpc) is 3.26. The molecular formula is C17H17N3O2S. The van der Waals surface area contributed by atoms with E-state index in [1.54, 1.807) is 11.3 Å². The fraction of sp³-hybridized carbons (Fsp3) is 0.294. The Balaban J connectivity index is 1.77. The topological polar surface area (TPSA) is 67.3 Å². The normalized spacial score (nSPS) is 20.9. The number of benzene rings is 1. The molecule has 0 amide bonds. The maximum absolute atomic E-state index is 9.48. The highest BCUT2D eigenvalue weighted by Crippen LogP contribution is 2.28. The summed E-state index contributed by atoms with van der Waals surface area (Å²) in [6, 6.07) is 10.1. The van der Waals surface area contributed by atoms with Crippen molar-refractivity contribution in [2.75, 3.05) is 25.1 Å². The van der Waals surface area contributed by atoms with E-state index >= 15 is 0 Å². The van der Waals surface area contributed by atoms with E-state index in [1.807, 2.05) is 41.1 Å². The smallest absolute Gasteiger partial charge is 0.162 e. The molecule has 1 fully saturated rings. The van der Waals surface area contributed by atoms with Gasteiger partial charge in [0.1, 0.15) is 5.82 Å². The van der Waals surface area contributed by atoms with Crippen molar-refractivity contribution in [3.8, 4) is 11.4 Å². The first kappa shape index (κ1) is 14.6. The molecule has 6 heteroatoms. The van der Waals surface area contributed by atoms with Crippen molar-refractivity contribution in [3.05, 3.63) is 41.1 Å². The Labute approximate surface area is 138 Å². The second-order valence-corrected chi connectivity index (χ2v) is 6.44. The highest BCUT2D eigenvalue weighted by Gasteiger charge is 2.28. The lowest BCUT2D eigenvalue weighted by atomic mass is 10.0. The van der Waals surface area contributed by atoms with Crippen LogP contribution >= 0.6 is 11.3 Å². The van der Waals surface area contributed by atoms with Crippen molar-refractivity contribution in [1.82, 2.24) is 9.97 Å². The molecule has 5 nitrogen and oxygen atoms in total. The van der Waals surface area contributed by atoms with Gasteiger partial charge in [-0.15, -0.1) is 0 Å². The predicted octanol–water partition coefficient (Wildman–Crippen LogP) is 2.78. The highest BCUT2D eigenvalue weighted by atomic mass is 32.1. The van der Waals surface area contributed by atoms with Gasteiger partial charge in [0.2, 0.25) is 0 Å². The number of rotatable bonds is 4. The minimum Gasteiger partial charge on any atom is -0.396 e. The van der Waals surface area contributed by atoms with E-state index in [4.69, 9.17) is 9.72 Å². The Morgan fingerprint density at radius 1 is 1.22 bits per heavy atom. The number of thiophene rings is 1. The molecule has 1 aromatic carbocycles. The van der Waals surface area contributed by atoms with Crippen molar-refractivity contribution in [1.29, 1.82) is 0 Å². The third-order valence-electron chi connectivity index (χ3n) is 4.14. The van der Waals surface area contributed by atoms with Crippen LogP contribution in [0.4, 0.5) is 5.82 Å². The zero-order chi connectivity index (χ0) is 15.6. The van der Waals surface area contributed by atoms with Crippen LogP contribution in [0.3, 0.4) is 0 Å². The molecule has 1 saturated heterocycles. The van der Waals surface area contributed by atoms with Crippen molar-refractivity contribution >= 4 is 28.1 Å². The van der Waals surface area contributed by atoms with Gasteiger partial charge in [0, 0.05) is 22.2 Å². The Morgan fingerprint density at radius 3 is 2.96 bits per heavy atom. The molecule has 1 aliphatic rings. The fourth-order valence-electron chi connectivity index (χ4n) is 2.82. The summed E-state index contributed by atoms with van der Waals surface area (Å²) < 4.78 is 5.48. The zero-order valence-corrected chi connectivity index (χ0v) is 13.3. The first-order chi connectivity index (χ1) is 11.3. The lowest BCUT2D eigenvalue weighted by molar-refractivity contribution is 0.161. The summed E-state index contributed by atoms with van der Waals surface area (Å²) in [5, 5.41) is 18.0. The van der Waals surface area contributed by atoms with Crippen molar-refractivity contribution < 1.29 is 9.84 Å². The van der Waals surface area contributed by atoms with E-state index in [0.717, 1.165) is 22.3 Å². The Bertz CT molecular complexity index is 807. The van der Waals surface area contributed by atoms with Crippen molar-refractivity contribution in [3.63, 3.8) is 0 Å². The fourth-order valence-corrected chi connectivity index (χ4v) is 3.46. The van der Waals surface area contributed by atoms with Crippen LogP contribution in [0.15, 0.2) is 41.1 Å². The maximum atomic E-state index is 9.48. The van der Waals surface area contributed by atoms with Gasteiger partial charge in [0.25, 0.3) is 0 Å². The number of nitrogens with one attached hydrogen (secondary N) is 1. The molecule has 118 valence electrons. The Hall–Kier alpha value is -2.02. The third-order valence-corrected chi connectivity index (χ3v) is 4.82. The summed E-state index contributed by atoms with van der Waals surface area (Å²) in [5.74, 6) is 1.60. The largest absolute Gasteiger partial charge is 0.396 e. The van der Waals surface area contributed by atoms with Gasteiger partial charge in [0.05, 0.1) is 31.4 Å². The summed E-state index contributed by atoms with van der Waals surface area (Å²) in [6.07, 6.45) is 0. The molecule has 0 aliphatic carbocycles. The molecule has 0 spiro atoms. The van der Waals surface area contributed by atoms with Gasteiger partial charge >= 0.3 is 0 Å². The standard InChI is InChI=1S/C17H17N3O2S/c21-7-12-8-22-9-15(12)19-17-13-3-1-2-4-14(13)18-16(20-17)11-5-6-23-10-11/h1-6,10,12,15,21H,7-9H2,(H,18,19,20)/t12-,15+/m1/s1. The lowest BCUT2D eigenvalue weighted by Crippen LogP contribution is -2.30. The molecule has 1 aliphatic heterocycles. The molecule has 4 rings (SSSR count). The van der Waals surface area contributed by atoms with Gasteiger partial charge in [-0.05, 0) is 23.6 Å². The van der Waals surface area contributed by atoms with Crippen molar-refractivity contribution in [2.24, 2.45) is 5.92 Å². The second-order valence-electron chi connectivity index (χ2n) is 5.66. The first-order valence-corrected chi connectivity index (χ1v) is 8.54. The summed E-state index contributed by atoms with van der Waals surface area (Å²) in [4.78, 5) is 9.39. The molecule has 3 heterocycles.